The number of para-hydroxylation sites is 1. The molecule has 1 amide bonds. The summed E-state index contributed by atoms with van der Waals surface area (Å²) in [4.78, 5) is 26.4. The van der Waals surface area contributed by atoms with Crippen molar-refractivity contribution >= 4 is 23.1 Å². The average Bonchev–Trinajstić information content (AvgIpc) is 3.61. The summed E-state index contributed by atoms with van der Waals surface area (Å²) in [6, 6.07) is 17.5. The zero-order chi connectivity index (χ0) is 22.8. The Morgan fingerprint density at radius 2 is 1.85 bits per heavy atom. The number of aromatic nitrogens is 2. The largest absolute Gasteiger partial charge is 0.472 e. The van der Waals surface area contributed by atoms with Crippen molar-refractivity contribution in [3.8, 4) is 16.9 Å². The number of anilines is 2. The maximum atomic E-state index is 13.1. The van der Waals surface area contributed by atoms with Gasteiger partial charge in [-0.1, -0.05) is 18.2 Å². The second-order valence-electron chi connectivity index (χ2n) is 7.78. The van der Waals surface area contributed by atoms with Crippen LogP contribution in [0.25, 0.3) is 16.9 Å². The predicted octanol–water partition coefficient (Wildman–Crippen LogP) is 4.89. The van der Waals surface area contributed by atoms with Gasteiger partial charge in [0, 0.05) is 36.3 Å². The minimum Gasteiger partial charge on any atom is -0.472 e. The first kappa shape index (κ1) is 20.5. The van der Waals surface area contributed by atoms with Gasteiger partial charge in [0.15, 0.2) is 0 Å². The molecule has 3 heterocycles. The van der Waals surface area contributed by atoms with E-state index in [1.807, 2.05) is 35.2 Å². The van der Waals surface area contributed by atoms with E-state index in [0.29, 0.717) is 17.2 Å². The summed E-state index contributed by atoms with van der Waals surface area (Å²) in [5.41, 5.74) is 2.84. The normalized spacial score (nSPS) is 13.3. The predicted molar refractivity (Wildman–Crippen MR) is 124 cm³/mol. The van der Waals surface area contributed by atoms with Crippen molar-refractivity contribution in [3.05, 3.63) is 88.9 Å². The molecule has 166 valence electrons. The molecule has 9 nitrogen and oxygen atoms in total. The van der Waals surface area contributed by atoms with Crippen molar-refractivity contribution in [1.82, 2.24) is 9.78 Å². The number of nitrogens with one attached hydrogen (secondary N) is 1. The van der Waals surface area contributed by atoms with Crippen LogP contribution in [0.15, 0.2) is 77.6 Å². The molecule has 0 spiro atoms. The summed E-state index contributed by atoms with van der Waals surface area (Å²) < 4.78 is 6.78. The van der Waals surface area contributed by atoms with Gasteiger partial charge in [-0.05, 0) is 43.2 Å². The van der Waals surface area contributed by atoms with Gasteiger partial charge in [0.25, 0.3) is 11.6 Å². The molecule has 1 saturated heterocycles. The number of amides is 1. The summed E-state index contributed by atoms with van der Waals surface area (Å²) in [6.07, 6.45) is 5.13. The second-order valence-corrected chi connectivity index (χ2v) is 7.78. The highest BCUT2D eigenvalue weighted by molar-refractivity contribution is 6.05. The van der Waals surface area contributed by atoms with Crippen LogP contribution in [0.2, 0.25) is 0 Å². The SMILES string of the molecule is O=C(Nc1cc(-c2ccoc2)nn1-c1ccccc1)c1ccc(N2CCCC2)c([N+](=O)[O-])c1. The van der Waals surface area contributed by atoms with Gasteiger partial charge < -0.3 is 14.6 Å². The number of carbonyl (C=O) groups is 1. The first-order valence-electron chi connectivity index (χ1n) is 10.6. The van der Waals surface area contributed by atoms with Gasteiger partial charge in [-0.3, -0.25) is 14.9 Å². The van der Waals surface area contributed by atoms with Crippen LogP contribution >= 0.6 is 0 Å². The maximum absolute atomic E-state index is 13.1. The fraction of sp³-hybridized carbons (Fsp3) is 0.167. The number of nitrogens with zero attached hydrogens (tertiary/aromatic N) is 4. The van der Waals surface area contributed by atoms with Gasteiger partial charge in [-0.15, -0.1) is 0 Å². The third-order valence-electron chi connectivity index (χ3n) is 5.65. The average molecular weight is 443 g/mol. The van der Waals surface area contributed by atoms with Gasteiger partial charge in [0.2, 0.25) is 0 Å². The Balaban J connectivity index is 1.48. The molecular weight excluding hydrogens is 422 g/mol. The number of benzene rings is 2. The van der Waals surface area contributed by atoms with Crippen LogP contribution in [-0.2, 0) is 0 Å². The fourth-order valence-corrected chi connectivity index (χ4v) is 4.01. The van der Waals surface area contributed by atoms with Gasteiger partial charge in [-0.2, -0.15) is 5.10 Å². The minimum absolute atomic E-state index is 0.0693. The lowest BCUT2D eigenvalue weighted by molar-refractivity contribution is -0.384. The quantitative estimate of drug-likeness (QED) is 0.336. The van der Waals surface area contributed by atoms with E-state index in [-0.39, 0.29) is 11.3 Å². The zero-order valence-corrected chi connectivity index (χ0v) is 17.7. The van der Waals surface area contributed by atoms with Gasteiger partial charge in [-0.25, -0.2) is 4.68 Å². The van der Waals surface area contributed by atoms with Crippen LogP contribution in [0.4, 0.5) is 17.2 Å². The molecule has 33 heavy (non-hydrogen) atoms. The van der Waals surface area contributed by atoms with E-state index < -0.39 is 10.8 Å². The molecule has 0 saturated carbocycles. The van der Waals surface area contributed by atoms with Crippen molar-refractivity contribution in [2.24, 2.45) is 0 Å². The Labute approximate surface area is 189 Å². The van der Waals surface area contributed by atoms with Crippen molar-refractivity contribution < 1.29 is 14.1 Å². The lowest BCUT2D eigenvalue weighted by Gasteiger charge is -2.17. The molecule has 1 aliphatic rings. The van der Waals surface area contributed by atoms with Crippen LogP contribution in [0.1, 0.15) is 23.2 Å². The lowest BCUT2D eigenvalue weighted by Crippen LogP contribution is -2.20. The van der Waals surface area contributed by atoms with Crippen LogP contribution in [0.5, 0.6) is 0 Å². The number of nitro benzene ring substituents is 1. The smallest absolute Gasteiger partial charge is 0.293 e. The molecule has 0 unspecified atom stereocenters. The Morgan fingerprint density at radius 1 is 1.06 bits per heavy atom. The fourth-order valence-electron chi connectivity index (χ4n) is 4.01. The number of carbonyl (C=O) groups excluding carboxylic acids is 1. The number of hydrogen-bond donors (Lipinski definition) is 1. The number of furan rings is 1. The molecule has 0 aliphatic carbocycles. The van der Waals surface area contributed by atoms with Crippen LogP contribution in [0, 0.1) is 10.1 Å². The second kappa shape index (κ2) is 8.62. The molecule has 1 N–H and O–H groups in total. The van der Waals surface area contributed by atoms with Crippen molar-refractivity contribution in [2.75, 3.05) is 23.3 Å². The molecule has 4 aromatic rings. The molecule has 0 radical (unpaired) electrons. The van der Waals surface area contributed by atoms with Gasteiger partial charge in [0.1, 0.15) is 11.5 Å². The summed E-state index contributed by atoms with van der Waals surface area (Å²) >= 11 is 0. The highest BCUT2D eigenvalue weighted by Crippen LogP contribution is 2.32. The van der Waals surface area contributed by atoms with E-state index in [4.69, 9.17) is 4.42 Å². The number of hydrogen-bond acceptors (Lipinski definition) is 6. The van der Waals surface area contributed by atoms with E-state index in [2.05, 4.69) is 10.4 Å². The van der Waals surface area contributed by atoms with Crippen LogP contribution in [-0.4, -0.2) is 33.7 Å². The third-order valence-corrected chi connectivity index (χ3v) is 5.65. The summed E-state index contributed by atoms with van der Waals surface area (Å²) in [7, 11) is 0. The topological polar surface area (TPSA) is 106 Å². The monoisotopic (exact) mass is 443 g/mol. The minimum atomic E-state index is -0.457. The molecule has 9 heteroatoms. The highest BCUT2D eigenvalue weighted by Gasteiger charge is 2.24. The highest BCUT2D eigenvalue weighted by atomic mass is 16.6. The van der Waals surface area contributed by atoms with E-state index in [0.717, 1.165) is 37.2 Å². The molecule has 0 bridgehead atoms. The van der Waals surface area contributed by atoms with Crippen molar-refractivity contribution in [1.29, 1.82) is 0 Å². The van der Waals surface area contributed by atoms with Gasteiger partial charge in [0.05, 0.1) is 28.8 Å². The Hall–Kier alpha value is -4.40. The standard InChI is InChI=1S/C24H21N5O4/c30-24(17-8-9-21(22(14-17)29(31)32)27-11-4-5-12-27)25-23-15-20(18-10-13-33-16-18)26-28(23)19-6-2-1-3-7-19/h1-3,6-10,13-16H,4-5,11-12H2,(H,25,30). The summed E-state index contributed by atoms with van der Waals surface area (Å²) in [5.74, 6) is -0.0180. The molecule has 1 fully saturated rings. The van der Waals surface area contributed by atoms with Crippen LogP contribution in [0.3, 0.4) is 0 Å². The van der Waals surface area contributed by atoms with E-state index in [1.54, 1.807) is 41.5 Å². The summed E-state index contributed by atoms with van der Waals surface area (Å²) in [5, 5.41) is 19.2. The summed E-state index contributed by atoms with van der Waals surface area (Å²) in [6.45, 7) is 1.55. The zero-order valence-electron chi connectivity index (χ0n) is 17.7. The van der Waals surface area contributed by atoms with E-state index in [1.165, 1.54) is 6.07 Å². The van der Waals surface area contributed by atoms with Crippen LogP contribution < -0.4 is 10.2 Å². The van der Waals surface area contributed by atoms with E-state index in [9.17, 15) is 14.9 Å². The lowest BCUT2D eigenvalue weighted by atomic mass is 10.1. The van der Waals surface area contributed by atoms with Crippen molar-refractivity contribution in [2.45, 2.75) is 12.8 Å². The number of rotatable bonds is 6. The molecule has 2 aromatic heterocycles. The molecule has 2 aromatic carbocycles. The van der Waals surface area contributed by atoms with Gasteiger partial charge >= 0.3 is 0 Å². The maximum Gasteiger partial charge on any atom is 0.293 e. The molecule has 1 aliphatic heterocycles. The number of nitro groups is 1. The van der Waals surface area contributed by atoms with Crippen molar-refractivity contribution in [3.63, 3.8) is 0 Å². The third kappa shape index (κ3) is 4.08. The molecule has 0 atom stereocenters. The molecule has 5 rings (SSSR count). The first-order valence-corrected chi connectivity index (χ1v) is 10.6. The Bertz CT molecular complexity index is 1290. The Kier molecular flexibility index (Phi) is 5.35. The van der Waals surface area contributed by atoms with E-state index >= 15 is 0 Å². The Morgan fingerprint density at radius 3 is 2.55 bits per heavy atom. The molecular formula is C24H21N5O4. The first-order chi connectivity index (χ1) is 16.1.